The van der Waals surface area contributed by atoms with Crippen molar-refractivity contribution in [2.45, 2.75) is 57.0 Å². The molecule has 1 saturated heterocycles. The van der Waals surface area contributed by atoms with Gasteiger partial charge in [0.2, 0.25) is 5.91 Å². The lowest BCUT2D eigenvalue weighted by atomic mass is 9.94. The summed E-state index contributed by atoms with van der Waals surface area (Å²) in [7, 11) is 1.96. The number of rotatable bonds is 5. The molecule has 0 aromatic heterocycles. The summed E-state index contributed by atoms with van der Waals surface area (Å²) in [5.41, 5.74) is 0.708. The maximum absolute atomic E-state index is 12.6. The van der Waals surface area contributed by atoms with Crippen molar-refractivity contribution in [1.29, 1.82) is 0 Å². The Morgan fingerprint density at radius 2 is 1.69 bits per heavy atom. The van der Waals surface area contributed by atoms with Gasteiger partial charge in [-0.15, -0.1) is 0 Å². The van der Waals surface area contributed by atoms with Crippen LogP contribution in [0.1, 0.15) is 55.3 Å². The van der Waals surface area contributed by atoms with Crippen LogP contribution in [0, 0.1) is 0 Å². The smallest absolute Gasteiger partial charge is 0.251 e. The van der Waals surface area contributed by atoms with E-state index in [4.69, 9.17) is 0 Å². The van der Waals surface area contributed by atoms with E-state index in [1.54, 1.807) is 0 Å². The molecule has 26 heavy (non-hydrogen) atoms. The molecule has 1 aromatic rings. The first-order valence-corrected chi connectivity index (χ1v) is 9.97. The van der Waals surface area contributed by atoms with Gasteiger partial charge >= 0.3 is 0 Å². The first-order chi connectivity index (χ1) is 12.6. The molecule has 1 N–H and O–H groups in total. The van der Waals surface area contributed by atoms with Crippen LogP contribution in [0.15, 0.2) is 30.3 Å². The minimum atomic E-state index is -0.00263. The quantitative estimate of drug-likeness (QED) is 0.881. The molecule has 2 fully saturated rings. The van der Waals surface area contributed by atoms with Crippen LogP contribution in [0.5, 0.6) is 0 Å². The number of carbonyl (C=O) groups is 2. The van der Waals surface area contributed by atoms with Gasteiger partial charge in [-0.1, -0.05) is 37.5 Å². The summed E-state index contributed by atoms with van der Waals surface area (Å²) in [5, 5.41) is 3.12. The Labute approximate surface area is 156 Å². The van der Waals surface area contributed by atoms with Crippen LogP contribution in [0.2, 0.25) is 0 Å². The van der Waals surface area contributed by atoms with Gasteiger partial charge in [-0.05, 0) is 37.8 Å². The van der Waals surface area contributed by atoms with Crippen LogP contribution in [-0.2, 0) is 4.79 Å². The summed E-state index contributed by atoms with van der Waals surface area (Å²) in [4.78, 5) is 29.0. The molecule has 0 unspecified atom stereocenters. The van der Waals surface area contributed by atoms with Crippen LogP contribution in [0.3, 0.4) is 0 Å². The monoisotopic (exact) mass is 357 g/mol. The molecule has 1 aliphatic heterocycles. The molecule has 0 radical (unpaired) electrons. The predicted molar refractivity (Wildman–Crippen MR) is 103 cm³/mol. The molecule has 5 nitrogen and oxygen atoms in total. The van der Waals surface area contributed by atoms with Crippen molar-refractivity contribution in [2.75, 3.05) is 26.7 Å². The first kappa shape index (κ1) is 18.9. The summed E-state index contributed by atoms with van der Waals surface area (Å²) in [6, 6.07) is 9.98. The maximum atomic E-state index is 12.6. The summed E-state index contributed by atoms with van der Waals surface area (Å²) >= 11 is 0. The van der Waals surface area contributed by atoms with Crippen molar-refractivity contribution >= 4 is 11.8 Å². The molecule has 0 bridgehead atoms. The molecule has 0 spiro atoms. The number of hydrogen-bond donors (Lipinski definition) is 1. The fourth-order valence-electron chi connectivity index (χ4n) is 4.07. The summed E-state index contributed by atoms with van der Waals surface area (Å²) in [6.07, 6.45) is 7.90. The zero-order chi connectivity index (χ0) is 18.4. The first-order valence-electron chi connectivity index (χ1n) is 9.97. The molecule has 1 aromatic carbocycles. The highest BCUT2D eigenvalue weighted by molar-refractivity contribution is 5.94. The van der Waals surface area contributed by atoms with Gasteiger partial charge in [0.05, 0.1) is 6.54 Å². The van der Waals surface area contributed by atoms with Crippen LogP contribution in [0.25, 0.3) is 0 Å². The van der Waals surface area contributed by atoms with Crippen LogP contribution in [-0.4, -0.2) is 60.4 Å². The van der Waals surface area contributed by atoms with Gasteiger partial charge in [0, 0.05) is 37.8 Å². The Bertz CT molecular complexity index is 591. The molecule has 1 heterocycles. The molecule has 2 aliphatic rings. The number of nitrogens with zero attached hydrogens (tertiary/aromatic N) is 2. The van der Waals surface area contributed by atoms with E-state index in [1.165, 1.54) is 19.3 Å². The number of nitrogens with one attached hydrogen (secondary N) is 1. The average molecular weight is 357 g/mol. The third-order valence-electron chi connectivity index (χ3n) is 5.83. The number of likely N-dealkylation sites (tertiary alicyclic amines) is 1. The summed E-state index contributed by atoms with van der Waals surface area (Å²) in [6.45, 7) is 2.24. The molecule has 5 heteroatoms. The minimum absolute atomic E-state index is 0.00263. The second kappa shape index (κ2) is 9.17. The van der Waals surface area contributed by atoms with Crippen molar-refractivity contribution < 1.29 is 9.59 Å². The number of amides is 2. The summed E-state index contributed by atoms with van der Waals surface area (Å²) in [5.74, 6) is 0.237. The van der Waals surface area contributed by atoms with E-state index in [1.807, 2.05) is 42.3 Å². The Kier molecular flexibility index (Phi) is 6.67. The number of carbonyl (C=O) groups excluding carboxylic acids is 2. The fourth-order valence-corrected chi connectivity index (χ4v) is 4.07. The molecular formula is C21H31N3O2. The Hall–Kier alpha value is -1.88. The topological polar surface area (TPSA) is 52.7 Å². The lowest BCUT2D eigenvalue weighted by molar-refractivity contribution is -0.134. The number of benzene rings is 1. The zero-order valence-corrected chi connectivity index (χ0v) is 15.8. The Morgan fingerprint density at radius 3 is 2.35 bits per heavy atom. The van der Waals surface area contributed by atoms with E-state index in [-0.39, 0.29) is 17.9 Å². The molecular weight excluding hydrogens is 326 g/mol. The Morgan fingerprint density at radius 1 is 1.04 bits per heavy atom. The highest BCUT2D eigenvalue weighted by atomic mass is 16.2. The third-order valence-corrected chi connectivity index (χ3v) is 5.83. The van der Waals surface area contributed by atoms with Crippen molar-refractivity contribution in [3.63, 3.8) is 0 Å². The number of piperidine rings is 1. The zero-order valence-electron chi connectivity index (χ0n) is 15.8. The van der Waals surface area contributed by atoms with E-state index >= 15 is 0 Å². The largest absolute Gasteiger partial charge is 0.349 e. The van der Waals surface area contributed by atoms with Gasteiger partial charge in [0.15, 0.2) is 0 Å². The summed E-state index contributed by atoms with van der Waals surface area (Å²) < 4.78 is 0. The van der Waals surface area contributed by atoms with Gasteiger partial charge in [-0.25, -0.2) is 0 Å². The minimum Gasteiger partial charge on any atom is -0.349 e. The SMILES string of the molecule is CN(C(=O)CN1CCC(NC(=O)c2ccccc2)CC1)C1CCCCC1. The molecule has 2 amide bonds. The standard InChI is InChI=1S/C21H31N3O2/c1-23(19-10-6-3-7-11-19)20(25)16-24-14-12-18(13-15-24)22-21(26)17-8-4-2-5-9-17/h2,4-5,8-9,18-19H,3,6-7,10-16H2,1H3,(H,22,26). The molecule has 1 aliphatic carbocycles. The number of hydrogen-bond acceptors (Lipinski definition) is 3. The van der Waals surface area contributed by atoms with Gasteiger partial charge in [-0.3, -0.25) is 14.5 Å². The predicted octanol–water partition coefficient (Wildman–Crippen LogP) is 2.67. The second-order valence-electron chi connectivity index (χ2n) is 7.69. The second-order valence-corrected chi connectivity index (χ2v) is 7.69. The van der Waals surface area contributed by atoms with Crippen molar-refractivity contribution in [1.82, 2.24) is 15.1 Å². The van der Waals surface area contributed by atoms with Crippen LogP contribution >= 0.6 is 0 Å². The molecule has 1 saturated carbocycles. The maximum Gasteiger partial charge on any atom is 0.251 e. The van der Waals surface area contributed by atoms with Gasteiger partial charge < -0.3 is 10.2 Å². The lowest BCUT2D eigenvalue weighted by Crippen LogP contribution is -2.49. The molecule has 3 rings (SSSR count). The molecule has 0 atom stereocenters. The number of likely N-dealkylation sites (N-methyl/N-ethyl adjacent to an activating group) is 1. The molecule has 142 valence electrons. The van der Waals surface area contributed by atoms with Crippen molar-refractivity contribution in [3.05, 3.63) is 35.9 Å². The van der Waals surface area contributed by atoms with Gasteiger partial charge in [-0.2, -0.15) is 0 Å². The van der Waals surface area contributed by atoms with E-state index in [0.29, 0.717) is 18.2 Å². The van der Waals surface area contributed by atoms with E-state index in [0.717, 1.165) is 38.8 Å². The van der Waals surface area contributed by atoms with E-state index < -0.39 is 0 Å². The van der Waals surface area contributed by atoms with Crippen molar-refractivity contribution in [3.8, 4) is 0 Å². The third kappa shape index (κ3) is 5.07. The van der Waals surface area contributed by atoms with Gasteiger partial charge in [0.1, 0.15) is 0 Å². The van der Waals surface area contributed by atoms with Crippen LogP contribution in [0.4, 0.5) is 0 Å². The van der Waals surface area contributed by atoms with E-state index in [2.05, 4.69) is 10.2 Å². The van der Waals surface area contributed by atoms with Crippen molar-refractivity contribution in [2.24, 2.45) is 0 Å². The van der Waals surface area contributed by atoms with Crippen LogP contribution < -0.4 is 5.32 Å². The van der Waals surface area contributed by atoms with Gasteiger partial charge in [0.25, 0.3) is 5.91 Å². The fraction of sp³-hybridized carbons (Fsp3) is 0.619. The highest BCUT2D eigenvalue weighted by Gasteiger charge is 2.26. The average Bonchev–Trinajstić information content (AvgIpc) is 2.70. The Balaban J connectivity index is 1.40. The normalized spacial score (nSPS) is 19.9. The lowest BCUT2D eigenvalue weighted by Gasteiger charge is -2.35. The van der Waals surface area contributed by atoms with E-state index in [9.17, 15) is 9.59 Å². The highest BCUT2D eigenvalue weighted by Crippen LogP contribution is 2.22.